The number of amides is 1. The third kappa shape index (κ3) is 5.68. The van der Waals surface area contributed by atoms with Gasteiger partial charge in [0.05, 0.1) is 34.1 Å². The summed E-state index contributed by atoms with van der Waals surface area (Å²) < 4.78 is 22.1. The van der Waals surface area contributed by atoms with Crippen LogP contribution in [0.1, 0.15) is 64.3 Å². The van der Waals surface area contributed by atoms with E-state index in [1.165, 1.54) is 6.07 Å². The van der Waals surface area contributed by atoms with E-state index in [-0.39, 0.29) is 34.5 Å². The monoisotopic (exact) mass is 498 g/mol. The topological polar surface area (TPSA) is 68.2 Å². The summed E-state index contributed by atoms with van der Waals surface area (Å²) >= 11 is 5.93. The second-order valence-corrected chi connectivity index (χ2v) is 10.6. The number of carbonyl (C=O) groups excluding carboxylic acids is 1. The largest absolute Gasteiger partial charge is 0.489 e. The predicted octanol–water partition coefficient (Wildman–Crippen LogP) is 6.04. The Morgan fingerprint density at radius 2 is 1.97 bits per heavy atom. The Labute approximate surface area is 210 Å². The van der Waals surface area contributed by atoms with Gasteiger partial charge in [-0.25, -0.2) is 4.39 Å². The van der Waals surface area contributed by atoms with Crippen molar-refractivity contribution in [3.8, 4) is 5.75 Å². The van der Waals surface area contributed by atoms with Crippen LogP contribution >= 0.6 is 11.6 Å². The summed E-state index contributed by atoms with van der Waals surface area (Å²) in [7, 11) is 0. The molecule has 0 radical (unpaired) electrons. The van der Waals surface area contributed by atoms with Crippen molar-refractivity contribution >= 4 is 23.2 Å². The molecule has 8 heteroatoms. The fraction of sp³-hybridized carbons (Fsp3) is 0.407. The van der Waals surface area contributed by atoms with Crippen molar-refractivity contribution in [2.75, 3.05) is 5.32 Å². The maximum absolute atomic E-state index is 14.3. The van der Waals surface area contributed by atoms with Crippen LogP contribution in [0.4, 0.5) is 10.1 Å². The molecule has 2 N–H and O–H groups in total. The molecule has 0 aliphatic carbocycles. The Kier molecular flexibility index (Phi) is 7.20. The average Bonchev–Trinajstić information content (AvgIpc) is 3.44. The lowest BCUT2D eigenvalue weighted by Crippen LogP contribution is -2.36. The van der Waals surface area contributed by atoms with Crippen molar-refractivity contribution < 1.29 is 13.9 Å². The minimum Gasteiger partial charge on any atom is -0.489 e. The molecule has 6 nitrogen and oxygen atoms in total. The van der Waals surface area contributed by atoms with Crippen molar-refractivity contribution in [3.63, 3.8) is 0 Å². The number of halogens is 2. The van der Waals surface area contributed by atoms with Crippen LogP contribution in [0.3, 0.4) is 0 Å². The molecular weight excluding hydrogens is 467 g/mol. The molecule has 0 spiro atoms. The number of carbonyl (C=O) groups is 1. The summed E-state index contributed by atoms with van der Waals surface area (Å²) in [5.74, 6) is -0.178. The molecule has 1 amide bonds. The van der Waals surface area contributed by atoms with Crippen LogP contribution in [0.5, 0.6) is 5.75 Å². The van der Waals surface area contributed by atoms with E-state index in [1.807, 2.05) is 55.1 Å². The molecular formula is C27H32ClFN4O2. The molecule has 0 saturated carbocycles. The van der Waals surface area contributed by atoms with Crippen LogP contribution in [0.15, 0.2) is 54.7 Å². The molecule has 3 aromatic rings. The quantitative estimate of drug-likeness (QED) is 0.434. The predicted molar refractivity (Wildman–Crippen MR) is 136 cm³/mol. The molecule has 1 aliphatic heterocycles. The van der Waals surface area contributed by atoms with Gasteiger partial charge in [-0.05, 0) is 76.9 Å². The molecule has 2 aromatic carbocycles. The summed E-state index contributed by atoms with van der Waals surface area (Å²) in [5.41, 5.74) is 2.01. The highest BCUT2D eigenvalue weighted by molar-refractivity contribution is 6.30. The Hall–Kier alpha value is -2.90. The maximum atomic E-state index is 14.3. The summed E-state index contributed by atoms with van der Waals surface area (Å²) in [6.07, 6.45) is 2.43. The van der Waals surface area contributed by atoms with E-state index in [2.05, 4.69) is 31.4 Å². The van der Waals surface area contributed by atoms with Gasteiger partial charge in [-0.2, -0.15) is 5.10 Å². The number of benzene rings is 2. The molecule has 186 valence electrons. The first-order valence-corrected chi connectivity index (χ1v) is 12.2. The van der Waals surface area contributed by atoms with E-state index >= 15 is 0 Å². The number of rotatable bonds is 6. The minimum absolute atomic E-state index is 0.0239. The van der Waals surface area contributed by atoms with Crippen LogP contribution in [0, 0.1) is 5.82 Å². The normalized spacial score (nSPS) is 20.3. The summed E-state index contributed by atoms with van der Waals surface area (Å²) in [6, 6.07) is 13.3. The second kappa shape index (κ2) is 9.99. The number of nitrogens with one attached hydrogen (secondary N) is 2. The van der Waals surface area contributed by atoms with Gasteiger partial charge >= 0.3 is 0 Å². The van der Waals surface area contributed by atoms with E-state index in [9.17, 15) is 9.18 Å². The van der Waals surface area contributed by atoms with E-state index < -0.39 is 11.9 Å². The highest BCUT2D eigenvalue weighted by Gasteiger charge is 2.40. The van der Waals surface area contributed by atoms with Crippen LogP contribution in [0.2, 0.25) is 5.02 Å². The maximum Gasteiger partial charge on any atom is 0.241 e. The molecule has 4 rings (SSSR count). The van der Waals surface area contributed by atoms with Crippen molar-refractivity contribution in [1.29, 1.82) is 0 Å². The second-order valence-electron chi connectivity index (χ2n) is 10.2. The Morgan fingerprint density at radius 3 is 2.63 bits per heavy atom. The number of aromatic nitrogens is 2. The molecule has 3 atom stereocenters. The van der Waals surface area contributed by atoms with E-state index in [0.29, 0.717) is 17.9 Å². The summed E-state index contributed by atoms with van der Waals surface area (Å²) in [4.78, 5) is 13.3. The van der Waals surface area contributed by atoms with Crippen molar-refractivity contribution in [2.45, 2.75) is 70.7 Å². The zero-order valence-electron chi connectivity index (χ0n) is 20.7. The van der Waals surface area contributed by atoms with E-state index in [0.717, 1.165) is 11.3 Å². The molecule has 1 saturated heterocycles. The number of hydrogen-bond donors (Lipinski definition) is 2. The molecule has 0 bridgehead atoms. The first-order chi connectivity index (χ1) is 16.5. The number of ether oxygens (including phenoxy) is 1. The SMILES string of the molecule is CC(C)Oc1ccccc1NC(=O)[C@@H]1C[C@H](c2ccn(C(C)(C)C)n2)[C@H](c2ccc(Cl)c(F)c2)N1. The molecule has 35 heavy (non-hydrogen) atoms. The van der Waals surface area contributed by atoms with Crippen molar-refractivity contribution in [3.05, 3.63) is 76.8 Å². The number of para-hydroxylation sites is 2. The highest BCUT2D eigenvalue weighted by Crippen LogP contribution is 2.41. The molecule has 1 aliphatic rings. The van der Waals surface area contributed by atoms with Gasteiger partial charge in [0.25, 0.3) is 0 Å². The fourth-order valence-electron chi connectivity index (χ4n) is 4.36. The number of nitrogens with zero attached hydrogens (tertiary/aromatic N) is 2. The third-order valence-electron chi connectivity index (χ3n) is 6.08. The highest BCUT2D eigenvalue weighted by atomic mass is 35.5. The third-order valence-corrected chi connectivity index (χ3v) is 6.38. The van der Waals surface area contributed by atoms with E-state index in [4.69, 9.17) is 21.4 Å². The summed E-state index contributed by atoms with van der Waals surface area (Å²) in [5, 5.41) is 11.3. The standard InChI is InChI=1S/C27H32ClFN4O2/c1-16(2)35-24-9-7-6-8-22(24)31-26(34)23-15-18(21-12-13-33(32-21)27(3,4)5)25(30-23)17-10-11-19(28)20(29)14-17/h6-14,16,18,23,25,30H,15H2,1-5H3,(H,31,34)/t18-,23+,25+/m1/s1. The first kappa shape index (κ1) is 25.2. The van der Waals surface area contributed by atoms with Gasteiger partial charge in [0.1, 0.15) is 11.6 Å². The van der Waals surface area contributed by atoms with Crippen LogP contribution in [-0.4, -0.2) is 27.8 Å². The zero-order valence-corrected chi connectivity index (χ0v) is 21.4. The lowest BCUT2D eigenvalue weighted by molar-refractivity contribution is -0.117. The van der Waals surface area contributed by atoms with Crippen LogP contribution in [0.25, 0.3) is 0 Å². The lowest BCUT2D eigenvalue weighted by atomic mass is 9.90. The van der Waals surface area contributed by atoms with E-state index in [1.54, 1.807) is 12.1 Å². The average molecular weight is 499 g/mol. The van der Waals surface area contributed by atoms with Crippen molar-refractivity contribution in [1.82, 2.24) is 15.1 Å². The molecule has 2 heterocycles. The van der Waals surface area contributed by atoms with Gasteiger partial charge in [-0.15, -0.1) is 0 Å². The van der Waals surface area contributed by atoms with Gasteiger partial charge in [-0.3, -0.25) is 14.8 Å². The summed E-state index contributed by atoms with van der Waals surface area (Å²) in [6.45, 7) is 10.1. The fourth-order valence-corrected chi connectivity index (χ4v) is 4.47. The molecule has 1 fully saturated rings. The van der Waals surface area contributed by atoms with Crippen molar-refractivity contribution in [2.24, 2.45) is 0 Å². The molecule has 1 aromatic heterocycles. The first-order valence-electron chi connectivity index (χ1n) is 11.9. The number of hydrogen-bond acceptors (Lipinski definition) is 4. The number of anilines is 1. The van der Waals surface area contributed by atoms with Gasteiger partial charge in [-0.1, -0.05) is 29.8 Å². The Balaban J connectivity index is 1.62. The van der Waals surface area contributed by atoms with Gasteiger partial charge < -0.3 is 10.1 Å². The van der Waals surface area contributed by atoms with Gasteiger partial charge in [0, 0.05) is 18.2 Å². The van der Waals surface area contributed by atoms with Crippen LogP contribution < -0.4 is 15.4 Å². The van der Waals surface area contributed by atoms with Crippen LogP contribution in [-0.2, 0) is 10.3 Å². The van der Waals surface area contributed by atoms with Gasteiger partial charge in [0.15, 0.2) is 0 Å². The Bertz CT molecular complexity index is 1200. The smallest absolute Gasteiger partial charge is 0.241 e. The van der Waals surface area contributed by atoms with Gasteiger partial charge in [0.2, 0.25) is 5.91 Å². The Morgan fingerprint density at radius 1 is 1.23 bits per heavy atom. The zero-order chi connectivity index (χ0) is 25.3. The molecule has 0 unspecified atom stereocenters. The minimum atomic E-state index is -0.504. The lowest BCUT2D eigenvalue weighted by Gasteiger charge is -2.21.